The first-order valence-electron chi connectivity index (χ1n) is 6.60. The number of carbonyl (C=O) groups is 2. The standard InChI is InChI=1S/C14H18N4O2S/c1-8(2)6-18(7-12(15)19)13(20)9-3-4-10-11(5-9)21-14(16)17-10/h3-5,8H,6-7H2,1-2H3,(H2,15,19)(H2,16,17). The average molecular weight is 306 g/mol. The molecule has 4 N–H and O–H groups in total. The van der Waals surface area contributed by atoms with E-state index in [1.165, 1.54) is 16.2 Å². The van der Waals surface area contributed by atoms with Gasteiger partial charge in [0.1, 0.15) is 0 Å². The number of thiazole rings is 1. The number of hydrogen-bond donors (Lipinski definition) is 2. The number of nitrogens with two attached hydrogens (primary N) is 2. The van der Waals surface area contributed by atoms with Crippen molar-refractivity contribution >= 4 is 38.5 Å². The van der Waals surface area contributed by atoms with E-state index in [1.54, 1.807) is 18.2 Å². The van der Waals surface area contributed by atoms with Crippen LogP contribution in [-0.4, -0.2) is 34.8 Å². The molecule has 1 aromatic heterocycles. The monoisotopic (exact) mass is 306 g/mol. The van der Waals surface area contributed by atoms with Crippen molar-refractivity contribution in [3.8, 4) is 0 Å². The summed E-state index contributed by atoms with van der Waals surface area (Å²) in [5.41, 5.74) is 12.2. The van der Waals surface area contributed by atoms with Crippen LogP contribution in [0.4, 0.5) is 5.13 Å². The quantitative estimate of drug-likeness (QED) is 0.873. The average Bonchev–Trinajstić information content (AvgIpc) is 2.74. The number of nitrogens with zero attached hydrogens (tertiary/aromatic N) is 2. The molecule has 0 aliphatic heterocycles. The Morgan fingerprint density at radius 1 is 1.38 bits per heavy atom. The molecular formula is C14H18N4O2S. The number of hydrogen-bond acceptors (Lipinski definition) is 5. The smallest absolute Gasteiger partial charge is 0.254 e. The minimum absolute atomic E-state index is 0.0835. The van der Waals surface area contributed by atoms with Gasteiger partial charge in [0.15, 0.2) is 5.13 Å². The van der Waals surface area contributed by atoms with Gasteiger partial charge >= 0.3 is 0 Å². The van der Waals surface area contributed by atoms with Gasteiger partial charge in [0.05, 0.1) is 16.8 Å². The van der Waals surface area contributed by atoms with Crippen LogP contribution in [0.3, 0.4) is 0 Å². The predicted molar refractivity (Wildman–Crippen MR) is 84.0 cm³/mol. The van der Waals surface area contributed by atoms with E-state index < -0.39 is 5.91 Å². The number of carbonyl (C=O) groups excluding carboxylic acids is 2. The third-order valence-electron chi connectivity index (χ3n) is 2.87. The van der Waals surface area contributed by atoms with E-state index in [4.69, 9.17) is 11.5 Å². The van der Waals surface area contributed by atoms with E-state index in [-0.39, 0.29) is 18.4 Å². The third-order valence-corrected chi connectivity index (χ3v) is 3.72. The molecule has 21 heavy (non-hydrogen) atoms. The summed E-state index contributed by atoms with van der Waals surface area (Å²) in [5, 5.41) is 0.464. The van der Waals surface area contributed by atoms with Gasteiger partial charge in [-0.05, 0) is 24.1 Å². The maximum Gasteiger partial charge on any atom is 0.254 e. The van der Waals surface area contributed by atoms with E-state index in [2.05, 4.69) is 4.98 Å². The highest BCUT2D eigenvalue weighted by molar-refractivity contribution is 7.22. The molecule has 0 aliphatic carbocycles. The lowest BCUT2D eigenvalue weighted by Crippen LogP contribution is -2.40. The van der Waals surface area contributed by atoms with E-state index >= 15 is 0 Å². The van der Waals surface area contributed by atoms with Gasteiger partial charge in [-0.2, -0.15) is 0 Å². The van der Waals surface area contributed by atoms with Crippen LogP contribution in [0.2, 0.25) is 0 Å². The summed E-state index contributed by atoms with van der Waals surface area (Å²) in [6, 6.07) is 5.20. The topological polar surface area (TPSA) is 102 Å². The summed E-state index contributed by atoms with van der Waals surface area (Å²) >= 11 is 1.33. The number of fused-ring (bicyclic) bond motifs is 1. The Balaban J connectivity index is 2.30. The van der Waals surface area contributed by atoms with Crippen LogP contribution in [0.15, 0.2) is 18.2 Å². The van der Waals surface area contributed by atoms with Gasteiger partial charge in [0.25, 0.3) is 5.91 Å². The fourth-order valence-electron chi connectivity index (χ4n) is 2.11. The summed E-state index contributed by atoms with van der Waals surface area (Å²) in [4.78, 5) is 29.3. The minimum Gasteiger partial charge on any atom is -0.375 e. The zero-order valence-electron chi connectivity index (χ0n) is 12.0. The highest BCUT2D eigenvalue weighted by Gasteiger charge is 2.19. The Hall–Kier alpha value is -2.15. The second kappa shape index (κ2) is 6.09. The molecule has 0 fully saturated rings. The number of aromatic nitrogens is 1. The molecule has 0 saturated heterocycles. The van der Waals surface area contributed by atoms with Crippen molar-refractivity contribution in [2.24, 2.45) is 11.7 Å². The lowest BCUT2D eigenvalue weighted by molar-refractivity contribution is -0.118. The molecule has 0 spiro atoms. The highest BCUT2D eigenvalue weighted by Crippen LogP contribution is 2.25. The van der Waals surface area contributed by atoms with Crippen LogP contribution < -0.4 is 11.5 Å². The number of anilines is 1. The molecule has 2 rings (SSSR count). The summed E-state index contributed by atoms with van der Waals surface area (Å²) in [5.74, 6) is -0.487. The van der Waals surface area contributed by atoms with Crippen molar-refractivity contribution in [2.75, 3.05) is 18.8 Å². The van der Waals surface area contributed by atoms with Crippen molar-refractivity contribution in [3.05, 3.63) is 23.8 Å². The highest BCUT2D eigenvalue weighted by atomic mass is 32.1. The maximum atomic E-state index is 12.5. The Bertz CT molecular complexity index is 681. The molecule has 6 nitrogen and oxygen atoms in total. The van der Waals surface area contributed by atoms with Crippen LogP contribution in [0, 0.1) is 5.92 Å². The van der Waals surface area contributed by atoms with Gasteiger partial charge in [0, 0.05) is 12.1 Å². The zero-order valence-corrected chi connectivity index (χ0v) is 12.8. The molecule has 1 heterocycles. The van der Waals surface area contributed by atoms with Gasteiger partial charge in [-0.15, -0.1) is 0 Å². The molecule has 0 atom stereocenters. The molecule has 7 heteroatoms. The van der Waals surface area contributed by atoms with Crippen LogP contribution >= 0.6 is 11.3 Å². The normalized spacial score (nSPS) is 11.0. The molecule has 0 radical (unpaired) electrons. The van der Waals surface area contributed by atoms with Crippen molar-refractivity contribution < 1.29 is 9.59 Å². The van der Waals surface area contributed by atoms with Crippen LogP contribution in [0.25, 0.3) is 10.2 Å². The number of amides is 2. The first kappa shape index (κ1) is 15.2. The van der Waals surface area contributed by atoms with Crippen molar-refractivity contribution in [1.82, 2.24) is 9.88 Å². The molecule has 0 saturated carbocycles. The maximum absolute atomic E-state index is 12.5. The van der Waals surface area contributed by atoms with Gasteiger partial charge in [-0.1, -0.05) is 25.2 Å². The van der Waals surface area contributed by atoms with Crippen LogP contribution in [-0.2, 0) is 4.79 Å². The first-order chi connectivity index (χ1) is 9.86. The zero-order chi connectivity index (χ0) is 15.6. The fourth-order valence-corrected chi connectivity index (χ4v) is 2.88. The third kappa shape index (κ3) is 3.69. The SMILES string of the molecule is CC(C)CN(CC(N)=O)C(=O)c1ccc2nc(N)sc2c1. The van der Waals surface area contributed by atoms with Crippen molar-refractivity contribution in [3.63, 3.8) is 0 Å². The van der Waals surface area contributed by atoms with Gasteiger partial charge in [0.2, 0.25) is 5.91 Å². The molecule has 0 unspecified atom stereocenters. The van der Waals surface area contributed by atoms with Gasteiger partial charge in [-0.25, -0.2) is 4.98 Å². The summed E-state index contributed by atoms with van der Waals surface area (Å²) < 4.78 is 0.849. The minimum atomic E-state index is -0.521. The number of nitrogen functional groups attached to an aromatic ring is 1. The summed E-state index contributed by atoms with van der Waals surface area (Å²) in [6.45, 7) is 4.35. The lowest BCUT2D eigenvalue weighted by Gasteiger charge is -2.23. The van der Waals surface area contributed by atoms with Crippen molar-refractivity contribution in [1.29, 1.82) is 0 Å². The lowest BCUT2D eigenvalue weighted by atomic mass is 10.1. The molecule has 0 aliphatic rings. The second-order valence-corrected chi connectivity index (χ2v) is 6.34. The number of benzene rings is 1. The van der Waals surface area contributed by atoms with Crippen LogP contribution in [0.1, 0.15) is 24.2 Å². The Morgan fingerprint density at radius 3 is 2.71 bits per heavy atom. The van der Waals surface area contributed by atoms with E-state index in [0.717, 1.165) is 10.2 Å². The van der Waals surface area contributed by atoms with Gasteiger partial charge < -0.3 is 16.4 Å². The summed E-state index contributed by atoms with van der Waals surface area (Å²) in [7, 11) is 0. The fraction of sp³-hybridized carbons (Fsp3) is 0.357. The van der Waals surface area contributed by atoms with Crippen molar-refractivity contribution in [2.45, 2.75) is 13.8 Å². The Morgan fingerprint density at radius 2 is 2.10 bits per heavy atom. The summed E-state index contributed by atoms with van der Waals surface area (Å²) in [6.07, 6.45) is 0. The number of primary amides is 1. The number of rotatable bonds is 5. The first-order valence-corrected chi connectivity index (χ1v) is 7.42. The second-order valence-electron chi connectivity index (χ2n) is 5.28. The Labute approximate surface area is 126 Å². The van der Waals surface area contributed by atoms with Crippen LogP contribution in [0.5, 0.6) is 0 Å². The van der Waals surface area contributed by atoms with Gasteiger partial charge in [-0.3, -0.25) is 9.59 Å². The molecular weight excluding hydrogens is 288 g/mol. The van der Waals surface area contributed by atoms with E-state index in [1.807, 2.05) is 13.8 Å². The molecule has 112 valence electrons. The van der Waals surface area contributed by atoms with E-state index in [9.17, 15) is 9.59 Å². The molecule has 0 bridgehead atoms. The molecule has 2 amide bonds. The predicted octanol–water partition coefficient (Wildman–Crippen LogP) is 1.46. The van der Waals surface area contributed by atoms with E-state index in [0.29, 0.717) is 17.2 Å². The molecule has 2 aromatic rings. The largest absolute Gasteiger partial charge is 0.375 e. The Kier molecular flexibility index (Phi) is 4.42. The molecule has 1 aromatic carbocycles.